The molecular formula is C17H19N3O. The molecule has 0 aliphatic carbocycles. The third-order valence-corrected chi connectivity index (χ3v) is 3.62. The quantitative estimate of drug-likeness (QED) is 0.706. The van der Waals surface area contributed by atoms with Crippen LogP contribution in [0.15, 0.2) is 55.1 Å². The molecule has 108 valence electrons. The lowest BCUT2D eigenvalue weighted by Gasteiger charge is -2.11. The van der Waals surface area contributed by atoms with Crippen LogP contribution in [-0.4, -0.2) is 23.2 Å². The summed E-state index contributed by atoms with van der Waals surface area (Å²) < 4.78 is 7.49. The average Bonchev–Trinajstić information content (AvgIpc) is 3.05. The normalized spacial score (nSPS) is 10.9. The van der Waals surface area contributed by atoms with Crippen LogP contribution in [0.25, 0.3) is 10.8 Å². The number of imidazole rings is 1. The molecule has 0 bridgehead atoms. The van der Waals surface area contributed by atoms with Gasteiger partial charge in [-0.1, -0.05) is 30.3 Å². The Morgan fingerprint density at radius 3 is 2.76 bits per heavy atom. The number of methoxy groups -OCH3 is 1. The predicted octanol–water partition coefficient (Wildman–Crippen LogP) is 2.83. The molecule has 2 aromatic carbocycles. The standard InChI is InChI=1S/C17H19N3O/c1-21-17-7-6-14(15-4-2-3-5-16(15)17)12-18-8-10-20-11-9-19-13-20/h2-7,9,11,13,18H,8,10,12H2,1H3. The number of nitrogens with one attached hydrogen (secondary N) is 1. The second-order valence-electron chi connectivity index (χ2n) is 4.95. The van der Waals surface area contributed by atoms with E-state index in [0.29, 0.717) is 0 Å². The second-order valence-corrected chi connectivity index (χ2v) is 4.95. The summed E-state index contributed by atoms with van der Waals surface area (Å²) in [6, 6.07) is 12.5. The van der Waals surface area contributed by atoms with E-state index in [0.717, 1.165) is 30.8 Å². The van der Waals surface area contributed by atoms with Crippen molar-refractivity contribution in [1.29, 1.82) is 0 Å². The van der Waals surface area contributed by atoms with Crippen molar-refractivity contribution in [3.05, 3.63) is 60.7 Å². The van der Waals surface area contributed by atoms with Gasteiger partial charge in [-0.2, -0.15) is 0 Å². The summed E-state index contributed by atoms with van der Waals surface area (Å²) in [5, 5.41) is 5.88. The summed E-state index contributed by atoms with van der Waals surface area (Å²) in [6.45, 7) is 2.68. The SMILES string of the molecule is COc1ccc(CNCCn2ccnc2)c2ccccc12. The van der Waals surface area contributed by atoms with Crippen LogP contribution in [-0.2, 0) is 13.1 Å². The minimum absolute atomic E-state index is 0.846. The molecule has 1 heterocycles. The Morgan fingerprint density at radius 2 is 2.00 bits per heavy atom. The summed E-state index contributed by atoms with van der Waals surface area (Å²) in [7, 11) is 1.71. The third kappa shape index (κ3) is 3.06. The predicted molar refractivity (Wildman–Crippen MR) is 84.4 cm³/mol. The molecule has 0 aliphatic heterocycles. The van der Waals surface area contributed by atoms with E-state index in [1.807, 2.05) is 24.7 Å². The van der Waals surface area contributed by atoms with Crippen molar-refractivity contribution in [3.8, 4) is 5.75 Å². The zero-order valence-electron chi connectivity index (χ0n) is 12.1. The number of rotatable bonds is 6. The van der Waals surface area contributed by atoms with Gasteiger partial charge < -0.3 is 14.6 Å². The molecule has 0 fully saturated rings. The topological polar surface area (TPSA) is 39.1 Å². The monoisotopic (exact) mass is 281 g/mol. The molecule has 4 nitrogen and oxygen atoms in total. The third-order valence-electron chi connectivity index (χ3n) is 3.62. The number of nitrogens with zero attached hydrogens (tertiary/aromatic N) is 2. The highest BCUT2D eigenvalue weighted by atomic mass is 16.5. The smallest absolute Gasteiger partial charge is 0.126 e. The second kappa shape index (κ2) is 6.41. The number of hydrogen-bond donors (Lipinski definition) is 1. The first-order valence-electron chi connectivity index (χ1n) is 7.09. The first-order valence-corrected chi connectivity index (χ1v) is 7.09. The van der Waals surface area contributed by atoms with Gasteiger partial charge in [-0.3, -0.25) is 0 Å². The van der Waals surface area contributed by atoms with Crippen molar-refractivity contribution in [2.45, 2.75) is 13.1 Å². The largest absolute Gasteiger partial charge is 0.496 e. The molecule has 0 spiro atoms. The Hall–Kier alpha value is -2.33. The minimum Gasteiger partial charge on any atom is -0.496 e. The molecule has 3 rings (SSSR count). The van der Waals surface area contributed by atoms with Crippen molar-refractivity contribution in [1.82, 2.24) is 14.9 Å². The van der Waals surface area contributed by atoms with Crippen molar-refractivity contribution in [2.24, 2.45) is 0 Å². The van der Waals surface area contributed by atoms with Crippen LogP contribution in [0, 0.1) is 0 Å². The lowest BCUT2D eigenvalue weighted by molar-refractivity contribution is 0.419. The first-order chi connectivity index (χ1) is 10.4. The van der Waals surface area contributed by atoms with Crippen LogP contribution >= 0.6 is 0 Å². The highest BCUT2D eigenvalue weighted by Gasteiger charge is 2.05. The van der Waals surface area contributed by atoms with Crippen molar-refractivity contribution in [3.63, 3.8) is 0 Å². The average molecular weight is 281 g/mol. The summed E-state index contributed by atoms with van der Waals surface area (Å²) in [4.78, 5) is 4.04. The lowest BCUT2D eigenvalue weighted by Crippen LogP contribution is -2.19. The van der Waals surface area contributed by atoms with E-state index in [1.165, 1.54) is 10.9 Å². The molecule has 0 saturated heterocycles. The van der Waals surface area contributed by atoms with Gasteiger partial charge in [0.2, 0.25) is 0 Å². The van der Waals surface area contributed by atoms with Gasteiger partial charge >= 0.3 is 0 Å². The molecule has 0 radical (unpaired) electrons. The van der Waals surface area contributed by atoms with Gasteiger partial charge in [-0.05, 0) is 17.0 Å². The Kier molecular flexibility index (Phi) is 4.17. The molecule has 1 N–H and O–H groups in total. The van der Waals surface area contributed by atoms with Crippen LogP contribution in [0.3, 0.4) is 0 Å². The molecule has 0 saturated carbocycles. The van der Waals surface area contributed by atoms with Gasteiger partial charge in [0.1, 0.15) is 5.75 Å². The van der Waals surface area contributed by atoms with Gasteiger partial charge in [-0.25, -0.2) is 4.98 Å². The molecule has 0 aliphatic rings. The van der Waals surface area contributed by atoms with E-state index in [-0.39, 0.29) is 0 Å². The molecule has 3 aromatic rings. The molecule has 21 heavy (non-hydrogen) atoms. The summed E-state index contributed by atoms with van der Waals surface area (Å²) in [6.07, 6.45) is 5.62. The maximum atomic E-state index is 5.43. The van der Waals surface area contributed by atoms with Gasteiger partial charge in [-0.15, -0.1) is 0 Å². The number of fused-ring (bicyclic) bond motifs is 1. The van der Waals surface area contributed by atoms with Gasteiger partial charge in [0, 0.05) is 37.4 Å². The zero-order valence-corrected chi connectivity index (χ0v) is 12.1. The Labute approximate surface area is 124 Å². The number of hydrogen-bond acceptors (Lipinski definition) is 3. The molecule has 0 amide bonds. The van der Waals surface area contributed by atoms with E-state index in [9.17, 15) is 0 Å². The molecular weight excluding hydrogens is 262 g/mol. The highest BCUT2D eigenvalue weighted by molar-refractivity contribution is 5.91. The Morgan fingerprint density at radius 1 is 1.14 bits per heavy atom. The molecule has 0 unspecified atom stereocenters. The van der Waals surface area contributed by atoms with Gasteiger partial charge in [0.15, 0.2) is 0 Å². The summed E-state index contributed by atoms with van der Waals surface area (Å²) in [5.41, 5.74) is 1.29. The maximum Gasteiger partial charge on any atom is 0.126 e. The van der Waals surface area contributed by atoms with Crippen LogP contribution in [0.4, 0.5) is 0 Å². The van der Waals surface area contributed by atoms with E-state index >= 15 is 0 Å². The van der Waals surface area contributed by atoms with Crippen molar-refractivity contribution < 1.29 is 4.74 Å². The van der Waals surface area contributed by atoms with E-state index in [1.54, 1.807) is 13.3 Å². The van der Waals surface area contributed by atoms with E-state index in [4.69, 9.17) is 4.74 Å². The van der Waals surface area contributed by atoms with Crippen LogP contribution in [0.1, 0.15) is 5.56 Å². The number of ether oxygens (including phenoxy) is 1. The van der Waals surface area contributed by atoms with Gasteiger partial charge in [0.25, 0.3) is 0 Å². The summed E-state index contributed by atoms with van der Waals surface area (Å²) >= 11 is 0. The van der Waals surface area contributed by atoms with Crippen LogP contribution in [0.5, 0.6) is 5.75 Å². The maximum absolute atomic E-state index is 5.43. The first kappa shape index (κ1) is 13.6. The fourth-order valence-electron chi connectivity index (χ4n) is 2.52. The van der Waals surface area contributed by atoms with E-state index < -0.39 is 0 Å². The Balaban J connectivity index is 1.69. The lowest BCUT2D eigenvalue weighted by atomic mass is 10.0. The molecule has 4 heteroatoms. The minimum atomic E-state index is 0.846. The number of benzene rings is 2. The summed E-state index contributed by atoms with van der Waals surface area (Å²) in [5.74, 6) is 0.924. The van der Waals surface area contributed by atoms with Crippen molar-refractivity contribution >= 4 is 10.8 Å². The molecule has 1 aromatic heterocycles. The van der Waals surface area contributed by atoms with Crippen LogP contribution in [0.2, 0.25) is 0 Å². The molecule has 0 atom stereocenters. The fraction of sp³-hybridized carbons (Fsp3) is 0.235. The van der Waals surface area contributed by atoms with Crippen LogP contribution < -0.4 is 10.1 Å². The van der Waals surface area contributed by atoms with Gasteiger partial charge in [0.05, 0.1) is 13.4 Å². The van der Waals surface area contributed by atoms with Crippen molar-refractivity contribution in [2.75, 3.05) is 13.7 Å². The zero-order chi connectivity index (χ0) is 14.5. The van der Waals surface area contributed by atoms with E-state index in [2.05, 4.69) is 39.1 Å². The number of aromatic nitrogens is 2. The highest BCUT2D eigenvalue weighted by Crippen LogP contribution is 2.28. The Bertz CT molecular complexity index is 707. The fourth-order valence-corrected chi connectivity index (χ4v) is 2.52.